The van der Waals surface area contributed by atoms with Gasteiger partial charge in [0.1, 0.15) is 18.1 Å². The van der Waals surface area contributed by atoms with Crippen LogP contribution < -0.4 is 53.7 Å². The number of imidazole rings is 1. The molecule has 2 aliphatic rings. The summed E-state index contributed by atoms with van der Waals surface area (Å²) in [6.45, 7) is 2.66. The summed E-state index contributed by atoms with van der Waals surface area (Å²) < 4.78 is 0. The summed E-state index contributed by atoms with van der Waals surface area (Å²) in [5.74, 6) is -7.82. The van der Waals surface area contributed by atoms with Crippen LogP contribution in [0.15, 0.2) is 12.5 Å². The topological polar surface area (TPSA) is 374 Å². The highest BCUT2D eigenvalue weighted by molar-refractivity contribution is 8.00. The monoisotopic (exact) mass is 908 g/mol. The van der Waals surface area contributed by atoms with Crippen LogP contribution in [0.3, 0.4) is 0 Å². The molecule has 10 amide bonds. The number of aliphatic carboxylic acids is 1. The van der Waals surface area contributed by atoms with Gasteiger partial charge in [0.2, 0.25) is 47.3 Å². The molecule has 2 fully saturated rings. The number of nitrogens with zero attached hydrogens (tertiary/aromatic N) is 1. The minimum absolute atomic E-state index is 0.0936. The van der Waals surface area contributed by atoms with Crippen molar-refractivity contribution in [3.63, 3.8) is 0 Å². The summed E-state index contributed by atoms with van der Waals surface area (Å²) in [6.07, 6.45) is 5.25. The fraction of sp³-hybridized carbons (Fsp3) is 0.658. The molecule has 1 aromatic rings. The minimum Gasteiger partial charge on any atom is -0.481 e. The van der Waals surface area contributed by atoms with Crippen molar-refractivity contribution < 1.29 is 58.3 Å². The van der Waals surface area contributed by atoms with Gasteiger partial charge in [0.25, 0.3) is 0 Å². The van der Waals surface area contributed by atoms with Crippen LogP contribution in [0.5, 0.6) is 0 Å². The standard InChI is InChI=1S/C38H60N12O12S/c1-20(2)11-21(12-29(52)50-62)35(58)46-25(14-32(55)56)37(60)47-24(13-22-15-40-19-44-22)36(59)43-16-30(53)42-17-31(54)45-23(34(39)57)7-5-6-10-41-28(51)9-4-3-8-27-33-26(18-63-27)48-38(61)49-33/h15,19-21,23-27,33,62H,3-14,16-18H2,1-2H3,(H2,39,57)(H,40,44)(H,41,51)(H,42,53)(H,43,59)(H,45,54)(H,46,58)(H,47,60)(H,50,52)(H,55,56)(H2,48,49,61)/t21?,23-,24-,25-,26-,27-,33-/m0/s1. The molecule has 0 spiro atoms. The van der Waals surface area contributed by atoms with E-state index in [2.05, 4.69) is 52.5 Å². The smallest absolute Gasteiger partial charge is 0.315 e. The molecule has 3 heterocycles. The molecule has 350 valence electrons. The van der Waals surface area contributed by atoms with Crippen LogP contribution in [0.25, 0.3) is 0 Å². The highest BCUT2D eigenvalue weighted by Crippen LogP contribution is 2.33. The first kappa shape index (κ1) is 51.4. The summed E-state index contributed by atoms with van der Waals surface area (Å²) in [5, 5.41) is 39.2. The van der Waals surface area contributed by atoms with E-state index in [0.717, 1.165) is 18.6 Å². The second-order valence-corrected chi connectivity index (χ2v) is 17.1. The number of nitrogens with two attached hydrogens (primary N) is 1. The molecule has 1 unspecified atom stereocenters. The lowest BCUT2D eigenvalue weighted by atomic mass is 9.92. The summed E-state index contributed by atoms with van der Waals surface area (Å²) in [4.78, 5) is 131. The second kappa shape index (κ2) is 26.5. The number of primary amides is 1. The number of amides is 10. The Morgan fingerprint density at radius 2 is 1.56 bits per heavy atom. The number of carboxylic acid groups (broad SMARTS) is 1. The highest BCUT2D eigenvalue weighted by Gasteiger charge is 2.42. The Kier molecular flexibility index (Phi) is 21.6. The number of aromatic nitrogens is 2. The fourth-order valence-corrected chi connectivity index (χ4v) is 8.56. The third-order valence-electron chi connectivity index (χ3n) is 10.2. The van der Waals surface area contributed by atoms with Crippen molar-refractivity contribution in [3.8, 4) is 0 Å². The van der Waals surface area contributed by atoms with Crippen LogP contribution in [-0.4, -0.2) is 140 Å². The van der Waals surface area contributed by atoms with Gasteiger partial charge in [-0.1, -0.05) is 20.3 Å². The Hall–Kier alpha value is -5.98. The number of urea groups is 1. The number of aromatic amines is 1. The zero-order valence-electron chi connectivity index (χ0n) is 35.3. The number of rotatable bonds is 29. The van der Waals surface area contributed by atoms with Gasteiger partial charge in [-0.25, -0.2) is 15.3 Å². The number of carbonyl (C=O) groups excluding carboxylic acids is 9. The van der Waals surface area contributed by atoms with Crippen molar-refractivity contribution in [2.75, 3.05) is 25.4 Å². The molecule has 0 aromatic carbocycles. The molecule has 2 aliphatic heterocycles. The van der Waals surface area contributed by atoms with E-state index in [1.807, 2.05) is 11.8 Å². The molecule has 0 radical (unpaired) electrons. The quantitative estimate of drug-likeness (QED) is 0.0167. The van der Waals surface area contributed by atoms with Crippen molar-refractivity contribution >= 4 is 71.0 Å². The maximum absolute atomic E-state index is 13.4. The minimum atomic E-state index is -1.69. The predicted molar refractivity (Wildman–Crippen MR) is 224 cm³/mol. The zero-order valence-corrected chi connectivity index (χ0v) is 36.1. The van der Waals surface area contributed by atoms with Gasteiger partial charge in [-0.15, -0.1) is 0 Å². The highest BCUT2D eigenvalue weighted by atomic mass is 32.2. The molecule has 24 nitrogen and oxygen atoms in total. The van der Waals surface area contributed by atoms with Crippen LogP contribution >= 0.6 is 11.8 Å². The predicted octanol–water partition coefficient (Wildman–Crippen LogP) is -2.83. The maximum Gasteiger partial charge on any atom is 0.315 e. The summed E-state index contributed by atoms with van der Waals surface area (Å²) in [7, 11) is 0. The average Bonchev–Trinajstić information content (AvgIpc) is 3.97. The summed E-state index contributed by atoms with van der Waals surface area (Å²) in [6, 6.07) is -4.02. The number of hydrogen-bond donors (Lipinski definition) is 13. The number of fused-ring (bicyclic) bond motifs is 1. The number of hydroxylamine groups is 1. The van der Waals surface area contributed by atoms with Gasteiger partial charge in [0, 0.05) is 54.6 Å². The van der Waals surface area contributed by atoms with E-state index in [-0.39, 0.29) is 49.2 Å². The lowest BCUT2D eigenvalue weighted by Crippen LogP contribution is -2.56. The number of H-pyrrole nitrogens is 1. The van der Waals surface area contributed by atoms with Gasteiger partial charge in [-0.2, -0.15) is 11.8 Å². The Bertz CT molecular complexity index is 1770. The van der Waals surface area contributed by atoms with Crippen LogP contribution in [0.2, 0.25) is 0 Å². The molecule has 1 aromatic heterocycles. The van der Waals surface area contributed by atoms with Crippen LogP contribution in [0.4, 0.5) is 4.79 Å². The Balaban J connectivity index is 1.41. The number of carboxylic acids is 1. The molecule has 0 saturated carbocycles. The molecule has 3 rings (SSSR count). The van der Waals surface area contributed by atoms with Crippen molar-refractivity contribution in [1.82, 2.24) is 58.0 Å². The molecule has 0 aliphatic carbocycles. The lowest BCUT2D eigenvalue weighted by Gasteiger charge is -2.24. The Labute approximate surface area is 367 Å². The van der Waals surface area contributed by atoms with Crippen molar-refractivity contribution in [2.45, 2.75) is 120 Å². The number of thioether (sulfide) groups is 1. The van der Waals surface area contributed by atoms with Crippen LogP contribution in [0.1, 0.15) is 83.7 Å². The van der Waals surface area contributed by atoms with E-state index in [0.29, 0.717) is 43.2 Å². The number of unbranched alkanes of at least 4 members (excludes halogenated alkanes) is 2. The largest absolute Gasteiger partial charge is 0.481 e. The number of nitrogens with one attached hydrogen (secondary N) is 10. The van der Waals surface area contributed by atoms with Gasteiger partial charge in [0.15, 0.2) is 0 Å². The molecular formula is C38H60N12O12S. The molecule has 14 N–H and O–H groups in total. The summed E-state index contributed by atoms with van der Waals surface area (Å²) >= 11 is 1.82. The van der Waals surface area contributed by atoms with Gasteiger partial charge in [-0.3, -0.25) is 48.4 Å². The maximum atomic E-state index is 13.4. The zero-order chi connectivity index (χ0) is 46.5. The van der Waals surface area contributed by atoms with Crippen LogP contribution in [-0.2, 0) is 49.6 Å². The van der Waals surface area contributed by atoms with Gasteiger partial charge in [0.05, 0.1) is 37.9 Å². The normalized spacial score (nSPS) is 18.3. The number of hydrogen-bond acceptors (Lipinski definition) is 13. The van der Waals surface area contributed by atoms with E-state index in [1.54, 1.807) is 13.8 Å². The van der Waals surface area contributed by atoms with E-state index in [4.69, 9.17) is 10.9 Å². The third kappa shape index (κ3) is 18.9. The Morgan fingerprint density at radius 1 is 0.825 bits per heavy atom. The first-order chi connectivity index (χ1) is 29.9. The average molecular weight is 909 g/mol. The fourth-order valence-electron chi connectivity index (χ4n) is 7.02. The van der Waals surface area contributed by atoms with E-state index >= 15 is 0 Å². The van der Waals surface area contributed by atoms with Gasteiger partial charge >= 0.3 is 12.0 Å². The summed E-state index contributed by atoms with van der Waals surface area (Å²) in [5.41, 5.74) is 7.28. The van der Waals surface area contributed by atoms with Crippen LogP contribution in [0, 0.1) is 11.8 Å². The molecule has 63 heavy (non-hydrogen) atoms. The van der Waals surface area contributed by atoms with Crippen molar-refractivity contribution in [1.29, 1.82) is 0 Å². The van der Waals surface area contributed by atoms with Gasteiger partial charge in [-0.05, 0) is 44.4 Å². The third-order valence-corrected chi connectivity index (χ3v) is 11.7. The molecular weight excluding hydrogens is 849 g/mol. The first-order valence-corrected chi connectivity index (χ1v) is 21.8. The number of carbonyl (C=O) groups is 10. The van der Waals surface area contributed by atoms with Crippen molar-refractivity contribution in [3.05, 3.63) is 18.2 Å². The molecule has 25 heteroatoms. The first-order valence-electron chi connectivity index (χ1n) is 20.8. The second-order valence-electron chi connectivity index (χ2n) is 15.8. The molecule has 0 bridgehead atoms. The van der Waals surface area contributed by atoms with Crippen molar-refractivity contribution in [2.24, 2.45) is 17.6 Å². The van der Waals surface area contributed by atoms with E-state index in [9.17, 15) is 53.1 Å². The SMILES string of the molecule is CC(C)CC(CC(=O)NO)C(=O)N[C@@H](CC(=O)O)C(=O)N[C@@H](Cc1cnc[nH]1)C(=O)NCC(=O)NCC(=O)N[C@@H](CCCCNC(=O)CCCC[C@@H]1SC[C@@H]2NC(=O)N[C@@H]21)C(N)=O. The Morgan fingerprint density at radius 3 is 2.22 bits per heavy atom. The van der Waals surface area contributed by atoms with Gasteiger partial charge < -0.3 is 58.4 Å². The van der Waals surface area contributed by atoms with E-state index in [1.165, 1.54) is 18.0 Å². The molecule has 7 atom stereocenters. The lowest BCUT2D eigenvalue weighted by molar-refractivity contribution is -0.142. The van der Waals surface area contributed by atoms with E-state index < -0.39 is 97.3 Å². The molecule has 2 saturated heterocycles.